The zero-order chi connectivity index (χ0) is 12.4. The van der Waals surface area contributed by atoms with Crippen LogP contribution in [0, 0.1) is 18.3 Å². The molecule has 1 unspecified atom stereocenters. The van der Waals surface area contributed by atoms with Crippen molar-refractivity contribution in [3.8, 4) is 11.8 Å². The zero-order valence-electron chi connectivity index (χ0n) is 9.75. The molecule has 0 radical (unpaired) electrons. The molecule has 2 aromatic rings. The number of aromatic nitrogens is 3. The number of nitriles is 1. The lowest BCUT2D eigenvalue weighted by Crippen LogP contribution is -2.07. The Labute approximate surface area is 99.5 Å². The number of nitrogens with zero attached hydrogens (tertiary/aromatic N) is 4. The number of benzene rings is 1. The fourth-order valence-corrected chi connectivity index (χ4v) is 1.68. The van der Waals surface area contributed by atoms with Crippen LogP contribution in [0.3, 0.4) is 0 Å². The van der Waals surface area contributed by atoms with Gasteiger partial charge in [0.05, 0.1) is 23.0 Å². The van der Waals surface area contributed by atoms with Crippen molar-refractivity contribution in [3.05, 3.63) is 41.2 Å². The van der Waals surface area contributed by atoms with Gasteiger partial charge >= 0.3 is 0 Å². The lowest BCUT2D eigenvalue weighted by molar-refractivity contribution is 0.756. The summed E-state index contributed by atoms with van der Waals surface area (Å²) in [7, 11) is 0. The van der Waals surface area contributed by atoms with Crippen LogP contribution in [-0.2, 0) is 0 Å². The van der Waals surface area contributed by atoms with Crippen molar-refractivity contribution in [3.63, 3.8) is 0 Å². The number of hydrogen-bond donors (Lipinski definition) is 1. The Morgan fingerprint density at radius 3 is 2.47 bits per heavy atom. The van der Waals surface area contributed by atoms with Gasteiger partial charge < -0.3 is 5.73 Å². The lowest BCUT2D eigenvalue weighted by Gasteiger charge is -2.05. The van der Waals surface area contributed by atoms with E-state index in [1.807, 2.05) is 26.0 Å². The van der Waals surface area contributed by atoms with E-state index in [1.54, 1.807) is 16.8 Å². The number of hydrogen-bond acceptors (Lipinski definition) is 4. The van der Waals surface area contributed by atoms with E-state index in [-0.39, 0.29) is 6.04 Å². The Bertz CT molecular complexity index is 560. The van der Waals surface area contributed by atoms with Crippen molar-refractivity contribution in [1.29, 1.82) is 5.26 Å². The molecule has 0 aliphatic carbocycles. The minimum Gasteiger partial charge on any atom is -0.323 e. The minimum atomic E-state index is -0.137. The first-order valence-electron chi connectivity index (χ1n) is 5.32. The van der Waals surface area contributed by atoms with Crippen molar-refractivity contribution < 1.29 is 0 Å². The van der Waals surface area contributed by atoms with Crippen LogP contribution >= 0.6 is 0 Å². The first-order chi connectivity index (χ1) is 8.13. The van der Waals surface area contributed by atoms with Crippen LogP contribution in [0.4, 0.5) is 0 Å². The second-order valence-electron chi connectivity index (χ2n) is 3.92. The van der Waals surface area contributed by atoms with Gasteiger partial charge in [0.25, 0.3) is 0 Å². The Morgan fingerprint density at radius 2 is 2.00 bits per heavy atom. The molecule has 1 atom stereocenters. The molecule has 2 N–H and O–H groups in total. The van der Waals surface area contributed by atoms with Crippen molar-refractivity contribution in [2.45, 2.75) is 19.9 Å². The van der Waals surface area contributed by atoms with Gasteiger partial charge in [-0.25, -0.2) is 4.68 Å². The third-order valence-corrected chi connectivity index (χ3v) is 2.60. The van der Waals surface area contributed by atoms with Gasteiger partial charge in [0.2, 0.25) is 0 Å². The summed E-state index contributed by atoms with van der Waals surface area (Å²) in [6, 6.07) is 9.12. The highest BCUT2D eigenvalue weighted by atomic mass is 15.4. The third-order valence-electron chi connectivity index (χ3n) is 2.60. The molecule has 2 rings (SSSR count). The van der Waals surface area contributed by atoms with E-state index >= 15 is 0 Å². The van der Waals surface area contributed by atoms with Crippen molar-refractivity contribution in [2.24, 2.45) is 5.73 Å². The fourth-order valence-electron chi connectivity index (χ4n) is 1.68. The highest BCUT2D eigenvalue weighted by molar-refractivity contribution is 5.40. The van der Waals surface area contributed by atoms with Gasteiger partial charge in [0.1, 0.15) is 5.69 Å². The number of nitrogens with two attached hydrogens (primary N) is 1. The van der Waals surface area contributed by atoms with Crippen LogP contribution in [0.2, 0.25) is 0 Å². The number of rotatable bonds is 2. The lowest BCUT2D eigenvalue weighted by atomic mass is 10.2. The average Bonchev–Trinajstić information content (AvgIpc) is 2.71. The van der Waals surface area contributed by atoms with E-state index in [0.717, 1.165) is 17.1 Å². The van der Waals surface area contributed by atoms with Crippen molar-refractivity contribution >= 4 is 0 Å². The highest BCUT2D eigenvalue weighted by Gasteiger charge is 2.12. The normalized spacial score (nSPS) is 12.1. The molecule has 0 saturated heterocycles. The van der Waals surface area contributed by atoms with Crippen LogP contribution in [-0.4, -0.2) is 15.0 Å². The summed E-state index contributed by atoms with van der Waals surface area (Å²) in [4.78, 5) is 0. The smallest absolute Gasteiger partial charge is 0.102 e. The molecule has 1 heterocycles. The topological polar surface area (TPSA) is 80.5 Å². The molecule has 1 aromatic carbocycles. The molecule has 0 aliphatic heterocycles. The maximum absolute atomic E-state index is 8.73. The van der Waals surface area contributed by atoms with E-state index in [9.17, 15) is 0 Å². The molecule has 0 aliphatic rings. The van der Waals surface area contributed by atoms with Gasteiger partial charge in [-0.05, 0) is 38.1 Å². The molecule has 0 fully saturated rings. The maximum Gasteiger partial charge on any atom is 0.102 e. The van der Waals surface area contributed by atoms with Crippen LogP contribution in [0.15, 0.2) is 24.3 Å². The third kappa shape index (κ3) is 2.03. The van der Waals surface area contributed by atoms with E-state index in [0.29, 0.717) is 5.56 Å². The molecular formula is C12H13N5. The Balaban J connectivity index is 2.43. The minimum absolute atomic E-state index is 0.137. The molecule has 0 saturated carbocycles. The van der Waals surface area contributed by atoms with E-state index in [4.69, 9.17) is 11.0 Å². The summed E-state index contributed by atoms with van der Waals surface area (Å²) in [5, 5.41) is 16.9. The van der Waals surface area contributed by atoms with E-state index < -0.39 is 0 Å². The Hall–Kier alpha value is -2.19. The SMILES string of the molecule is Cc1c(C(C)N)nnn1-c1ccc(C#N)cc1. The predicted octanol–water partition coefficient (Wildman–Crippen LogP) is 1.47. The van der Waals surface area contributed by atoms with Crippen molar-refractivity contribution in [2.75, 3.05) is 0 Å². The molecule has 1 aromatic heterocycles. The molecule has 5 nitrogen and oxygen atoms in total. The van der Waals surface area contributed by atoms with Gasteiger partial charge in [-0.3, -0.25) is 0 Å². The first-order valence-corrected chi connectivity index (χ1v) is 5.32. The van der Waals surface area contributed by atoms with Gasteiger partial charge in [0.15, 0.2) is 0 Å². The predicted molar refractivity (Wildman–Crippen MR) is 63.4 cm³/mol. The summed E-state index contributed by atoms with van der Waals surface area (Å²) >= 11 is 0. The van der Waals surface area contributed by atoms with Crippen LogP contribution in [0.5, 0.6) is 0 Å². The molecule has 0 spiro atoms. The standard InChI is InChI=1S/C12H13N5/c1-8(14)12-9(2)17(16-15-12)11-5-3-10(7-13)4-6-11/h3-6,8H,14H2,1-2H3. The second-order valence-corrected chi connectivity index (χ2v) is 3.92. The summed E-state index contributed by atoms with van der Waals surface area (Å²) in [5.41, 5.74) is 9.00. The molecular weight excluding hydrogens is 214 g/mol. The van der Waals surface area contributed by atoms with Gasteiger partial charge in [0, 0.05) is 6.04 Å². The fraction of sp³-hybridized carbons (Fsp3) is 0.250. The molecule has 86 valence electrons. The summed E-state index contributed by atoms with van der Waals surface area (Å²) < 4.78 is 1.72. The monoisotopic (exact) mass is 227 g/mol. The quantitative estimate of drug-likeness (QED) is 0.842. The van der Waals surface area contributed by atoms with Crippen molar-refractivity contribution in [1.82, 2.24) is 15.0 Å². The van der Waals surface area contributed by atoms with E-state index in [2.05, 4.69) is 16.4 Å². The zero-order valence-corrected chi connectivity index (χ0v) is 9.75. The molecule has 17 heavy (non-hydrogen) atoms. The summed E-state index contributed by atoms with van der Waals surface area (Å²) in [6.07, 6.45) is 0. The summed E-state index contributed by atoms with van der Waals surface area (Å²) in [6.45, 7) is 3.80. The van der Waals surface area contributed by atoms with Crippen LogP contribution in [0.25, 0.3) is 5.69 Å². The average molecular weight is 227 g/mol. The summed E-state index contributed by atoms with van der Waals surface area (Å²) in [5.74, 6) is 0. The van der Waals surface area contributed by atoms with Gasteiger partial charge in [-0.1, -0.05) is 5.21 Å². The molecule has 5 heteroatoms. The maximum atomic E-state index is 8.73. The van der Waals surface area contributed by atoms with Gasteiger partial charge in [-0.15, -0.1) is 5.10 Å². The van der Waals surface area contributed by atoms with Crippen LogP contribution in [0.1, 0.15) is 29.9 Å². The van der Waals surface area contributed by atoms with E-state index in [1.165, 1.54) is 0 Å². The second kappa shape index (κ2) is 4.36. The molecule has 0 amide bonds. The molecule has 0 bridgehead atoms. The highest BCUT2D eigenvalue weighted by Crippen LogP contribution is 2.16. The van der Waals surface area contributed by atoms with Crippen LogP contribution < -0.4 is 5.73 Å². The largest absolute Gasteiger partial charge is 0.323 e. The first kappa shape index (κ1) is 11.3. The Kier molecular flexibility index (Phi) is 2.90. The van der Waals surface area contributed by atoms with Gasteiger partial charge in [-0.2, -0.15) is 5.26 Å². The Morgan fingerprint density at radius 1 is 1.35 bits per heavy atom.